The molecule has 2 N–H and O–H groups in total. The zero-order chi connectivity index (χ0) is 44.1. The van der Waals surface area contributed by atoms with Crippen LogP contribution in [0.3, 0.4) is 0 Å². The molecule has 0 saturated heterocycles. The third-order valence-corrected chi connectivity index (χ3v) is 6.75. The van der Waals surface area contributed by atoms with Gasteiger partial charge >= 0.3 is 64.7 Å². The van der Waals surface area contributed by atoms with E-state index in [0.29, 0.717) is 16.5 Å². The first-order chi connectivity index (χ1) is 26.2. The van der Waals surface area contributed by atoms with E-state index in [1.165, 1.54) is 45.9 Å². The van der Waals surface area contributed by atoms with Gasteiger partial charge < -0.3 is 19.7 Å². The summed E-state index contributed by atoms with van der Waals surface area (Å²) in [4.78, 5) is 93.8. The van der Waals surface area contributed by atoms with E-state index in [4.69, 9.17) is 24.5 Å². The molecule has 24 heteroatoms. The van der Waals surface area contributed by atoms with E-state index in [-0.39, 0.29) is 33.0 Å². The van der Waals surface area contributed by atoms with Gasteiger partial charge in [0, 0.05) is 30.5 Å². The van der Waals surface area contributed by atoms with Gasteiger partial charge in [-0.15, -0.1) is 0 Å². The van der Waals surface area contributed by atoms with Gasteiger partial charge in [-0.3, -0.25) is 39.9 Å². The van der Waals surface area contributed by atoms with Crippen LogP contribution < -0.4 is 0 Å². The van der Waals surface area contributed by atoms with Crippen LogP contribution in [0.1, 0.15) is 72.0 Å². The number of benzene rings is 4. The van der Waals surface area contributed by atoms with Crippen LogP contribution in [0, 0.1) is 51.1 Å². The van der Waals surface area contributed by atoms with Crippen LogP contribution in [-0.2, 0) is 47.9 Å². The Labute approximate surface area is 319 Å². The number of carboxylic acids is 2. The number of aryl methyl sites for hydroxylation is 3. The van der Waals surface area contributed by atoms with Crippen LogP contribution in [0.5, 0.6) is 0 Å². The quantitative estimate of drug-likeness (QED) is 0.0855. The fraction of sp³-hybridized carbons (Fsp3) is 0.152. The topological polar surface area (TPSA) is 359 Å². The van der Waals surface area contributed by atoms with Gasteiger partial charge in [-0.2, -0.15) is 0 Å². The SMILES string of the molecule is CC(=O)OC(C)=O.Cc1ccc(C(=O)O)c(C(=O)O)c1[N+](=O)[O-].Cc1ccc2c(c1[N+](=O)[O-])C(=O)OC2=O.Cc1ccc2ccccc2c1[N+](=O)[O-].[O]=[Ru](=[O])(=[O])=[O]. The number of carboxylic acid groups (broad SMARTS) is 2. The van der Waals surface area contributed by atoms with Gasteiger partial charge in [-0.25, -0.2) is 19.2 Å². The van der Waals surface area contributed by atoms with E-state index in [1.54, 1.807) is 19.1 Å². The number of nitro groups is 3. The fourth-order valence-corrected chi connectivity index (χ4v) is 4.63. The summed E-state index contributed by atoms with van der Waals surface area (Å²) in [7, 11) is 0. The maximum absolute atomic E-state index is 11.2. The molecule has 0 saturated carbocycles. The third-order valence-electron chi connectivity index (χ3n) is 6.75. The number of esters is 4. The van der Waals surface area contributed by atoms with E-state index in [1.807, 2.05) is 24.3 Å². The van der Waals surface area contributed by atoms with Gasteiger partial charge in [0.25, 0.3) is 17.1 Å². The van der Waals surface area contributed by atoms with Crippen molar-refractivity contribution in [3.05, 3.63) is 130 Å². The summed E-state index contributed by atoms with van der Waals surface area (Å²) in [6.07, 6.45) is 0. The van der Waals surface area contributed by atoms with Gasteiger partial charge in [0.15, 0.2) is 11.1 Å². The van der Waals surface area contributed by atoms with E-state index in [0.717, 1.165) is 11.5 Å². The summed E-state index contributed by atoms with van der Waals surface area (Å²) in [6, 6.07) is 16.0. The zero-order valence-electron chi connectivity index (χ0n) is 29.7. The number of carbonyl (C=O) groups excluding carboxylic acids is 4. The number of carbonyl (C=O) groups is 6. The second-order valence-electron chi connectivity index (χ2n) is 10.8. The van der Waals surface area contributed by atoms with Crippen molar-refractivity contribution < 1.29 is 92.1 Å². The number of hydrogen-bond acceptors (Lipinski definition) is 18. The van der Waals surface area contributed by atoms with Crippen LogP contribution in [0.25, 0.3) is 10.8 Å². The van der Waals surface area contributed by atoms with Crippen LogP contribution in [0.4, 0.5) is 17.1 Å². The van der Waals surface area contributed by atoms with Gasteiger partial charge in [0.2, 0.25) is 0 Å². The molecule has 0 aromatic heterocycles. The minimum absolute atomic E-state index is 0.0442. The second-order valence-corrected chi connectivity index (χ2v) is 12.5. The number of aromatic carboxylic acids is 2. The molecule has 1 aliphatic rings. The van der Waals surface area contributed by atoms with Crippen molar-refractivity contribution in [1.82, 2.24) is 0 Å². The standard InChI is InChI=1S/C11H9NO2.C9H7NO6.C9H5NO5.C4H6O3.4O.Ru/c1-8-6-7-9-4-2-3-5-10(9)11(8)12(13)14;1-4-2-3-5(8(11)12)6(9(13)14)7(4)10(15)16;1-4-2-3-5-6(7(4)10(13)14)9(12)15-8(5)11;1-3(5)7-4(2)6;;;;;/h2-7H,1H3;2-3H,1H3,(H,11,12)(H,13,14);2-3H,1H3;1-2H3;;;;;. The van der Waals surface area contributed by atoms with Crippen molar-refractivity contribution in [2.75, 3.05) is 0 Å². The fourth-order valence-electron chi connectivity index (χ4n) is 4.63. The molecule has 4 aromatic rings. The molecule has 5 rings (SSSR count). The number of hydrogen-bond donors (Lipinski definition) is 2. The Morgan fingerprint density at radius 3 is 1.51 bits per heavy atom. The Balaban J connectivity index is 0.000000375. The summed E-state index contributed by atoms with van der Waals surface area (Å²) in [5, 5.41) is 51.4. The van der Waals surface area contributed by atoms with Crippen molar-refractivity contribution >= 4 is 63.7 Å². The molecule has 0 atom stereocenters. The number of nitro benzene ring substituents is 3. The average Bonchev–Trinajstić information content (AvgIpc) is 3.35. The van der Waals surface area contributed by atoms with E-state index >= 15 is 0 Å². The van der Waals surface area contributed by atoms with Crippen LogP contribution in [0.15, 0.2) is 60.7 Å². The Morgan fingerprint density at radius 2 is 1.07 bits per heavy atom. The first-order valence-electron chi connectivity index (χ1n) is 14.9. The Morgan fingerprint density at radius 1 is 0.632 bits per heavy atom. The molecular weight excluding hydrogens is 859 g/mol. The molecule has 0 unspecified atom stereocenters. The maximum atomic E-state index is 11.2. The third kappa shape index (κ3) is 13.9. The molecule has 0 fully saturated rings. The Bertz CT molecular complexity index is 2550. The van der Waals surface area contributed by atoms with Gasteiger partial charge in [0.1, 0.15) is 0 Å². The molecule has 4 aromatic carbocycles. The Kier molecular flexibility index (Phi) is 16.8. The van der Waals surface area contributed by atoms with Crippen molar-refractivity contribution in [1.29, 1.82) is 0 Å². The number of cyclic esters (lactones) is 2. The molecule has 1 aliphatic heterocycles. The van der Waals surface area contributed by atoms with Crippen LogP contribution in [0.2, 0.25) is 0 Å². The summed E-state index contributed by atoms with van der Waals surface area (Å²) in [5.41, 5.74) is -1.38. The number of nitrogens with zero attached hydrogens (tertiary/aromatic N) is 3. The molecule has 0 bridgehead atoms. The average molecular weight is 887 g/mol. The molecule has 0 spiro atoms. The molecule has 0 amide bonds. The van der Waals surface area contributed by atoms with Crippen LogP contribution >= 0.6 is 0 Å². The van der Waals surface area contributed by atoms with Crippen molar-refractivity contribution in [3.63, 3.8) is 0 Å². The summed E-state index contributed by atoms with van der Waals surface area (Å²) in [5.74, 6) is -6.06. The summed E-state index contributed by atoms with van der Waals surface area (Å²) < 4.78 is 42.7. The van der Waals surface area contributed by atoms with Gasteiger partial charge in [0.05, 0.1) is 31.3 Å². The molecule has 0 radical (unpaired) electrons. The Hall–Kier alpha value is -7.62. The predicted molar refractivity (Wildman–Crippen MR) is 180 cm³/mol. The van der Waals surface area contributed by atoms with Crippen LogP contribution in [-0.4, -0.2) is 60.8 Å². The van der Waals surface area contributed by atoms with Crippen molar-refractivity contribution in [3.8, 4) is 0 Å². The minimum atomic E-state index is -5.86. The molecule has 302 valence electrons. The first-order valence-corrected chi connectivity index (χ1v) is 17.7. The molecule has 23 nitrogen and oxygen atoms in total. The normalized spacial score (nSPS) is 10.8. The summed E-state index contributed by atoms with van der Waals surface area (Å²) >= 11 is -5.86. The van der Waals surface area contributed by atoms with Crippen molar-refractivity contribution in [2.45, 2.75) is 34.6 Å². The predicted octanol–water partition coefficient (Wildman–Crippen LogP) is 5.19. The number of ether oxygens (including phenoxy) is 2. The second kappa shape index (κ2) is 20.2. The molecule has 0 aliphatic carbocycles. The first kappa shape index (κ1) is 47.4. The summed E-state index contributed by atoms with van der Waals surface area (Å²) in [6.45, 7) is 6.96. The van der Waals surface area contributed by atoms with E-state index < -0.39 is 77.1 Å². The van der Waals surface area contributed by atoms with Crippen molar-refractivity contribution in [2.24, 2.45) is 0 Å². The molecular formula is C33H27N3O20Ru. The van der Waals surface area contributed by atoms with Gasteiger partial charge in [-0.1, -0.05) is 42.5 Å². The van der Waals surface area contributed by atoms with Gasteiger partial charge in [-0.05, 0) is 44.4 Å². The van der Waals surface area contributed by atoms with E-state index in [2.05, 4.69) is 9.47 Å². The molecule has 57 heavy (non-hydrogen) atoms. The zero-order valence-corrected chi connectivity index (χ0v) is 31.4. The number of rotatable bonds is 5. The monoisotopic (exact) mass is 887 g/mol. The molecule has 1 heterocycles. The van der Waals surface area contributed by atoms with E-state index in [9.17, 15) is 59.1 Å². The number of fused-ring (bicyclic) bond motifs is 2.